The smallest absolute Gasteiger partial charge is 0.263 e. The SMILES string of the molecule is C=CCc1cc(/C=C2\SC(=S)NC2=O)cc(OCC)c1OCC(=O)[O-]. The maximum Gasteiger partial charge on any atom is 0.263 e. The summed E-state index contributed by atoms with van der Waals surface area (Å²) in [5, 5.41) is 13.3. The van der Waals surface area contributed by atoms with Gasteiger partial charge in [0, 0.05) is 5.56 Å². The molecule has 1 N–H and O–H groups in total. The fourth-order valence-corrected chi connectivity index (χ4v) is 3.25. The van der Waals surface area contributed by atoms with Crippen molar-refractivity contribution in [2.24, 2.45) is 0 Å². The van der Waals surface area contributed by atoms with Crippen LogP contribution in [0.4, 0.5) is 0 Å². The minimum absolute atomic E-state index is 0.254. The topological polar surface area (TPSA) is 87.7 Å². The number of ether oxygens (including phenoxy) is 2. The Morgan fingerprint density at radius 3 is 2.76 bits per heavy atom. The number of thiocarbonyl (C=S) groups is 1. The molecule has 1 amide bonds. The van der Waals surface area contributed by atoms with E-state index in [4.69, 9.17) is 21.7 Å². The number of nitrogens with one attached hydrogen (secondary N) is 1. The Hall–Kier alpha value is -2.32. The van der Waals surface area contributed by atoms with E-state index < -0.39 is 12.6 Å². The van der Waals surface area contributed by atoms with Crippen LogP contribution in [0.3, 0.4) is 0 Å². The van der Waals surface area contributed by atoms with Crippen molar-refractivity contribution in [2.75, 3.05) is 13.2 Å². The van der Waals surface area contributed by atoms with E-state index in [1.165, 1.54) is 11.8 Å². The zero-order valence-electron chi connectivity index (χ0n) is 13.5. The summed E-state index contributed by atoms with van der Waals surface area (Å²) in [7, 11) is 0. The van der Waals surface area contributed by atoms with Gasteiger partial charge in [0.2, 0.25) is 0 Å². The number of rotatable bonds is 8. The zero-order chi connectivity index (χ0) is 18.4. The number of allylic oxidation sites excluding steroid dienone is 1. The Kier molecular flexibility index (Phi) is 6.60. The van der Waals surface area contributed by atoms with Crippen molar-refractivity contribution in [3.05, 3.63) is 40.8 Å². The van der Waals surface area contributed by atoms with Gasteiger partial charge in [-0.05, 0) is 37.1 Å². The first-order chi connectivity index (χ1) is 11.9. The molecule has 1 fully saturated rings. The molecule has 0 spiro atoms. The van der Waals surface area contributed by atoms with Gasteiger partial charge in [-0.2, -0.15) is 0 Å². The summed E-state index contributed by atoms with van der Waals surface area (Å²) >= 11 is 6.15. The van der Waals surface area contributed by atoms with Gasteiger partial charge >= 0.3 is 0 Å². The molecule has 1 aromatic carbocycles. The van der Waals surface area contributed by atoms with Crippen molar-refractivity contribution >= 4 is 46.3 Å². The molecule has 1 aliphatic heterocycles. The normalized spacial score (nSPS) is 15.2. The van der Waals surface area contributed by atoms with Gasteiger partial charge in [0.25, 0.3) is 5.91 Å². The molecule has 1 aliphatic rings. The molecule has 0 aromatic heterocycles. The minimum Gasteiger partial charge on any atom is -0.546 e. The highest BCUT2D eigenvalue weighted by Gasteiger charge is 2.22. The molecule has 6 nitrogen and oxygen atoms in total. The first-order valence-corrected chi connectivity index (χ1v) is 8.65. The summed E-state index contributed by atoms with van der Waals surface area (Å²) in [4.78, 5) is 23.0. The molecule has 0 radical (unpaired) electrons. The summed E-state index contributed by atoms with van der Waals surface area (Å²) in [5.41, 5.74) is 1.41. The fourth-order valence-electron chi connectivity index (χ4n) is 2.20. The van der Waals surface area contributed by atoms with Crippen LogP contribution in [-0.4, -0.2) is 29.4 Å². The quantitative estimate of drug-likeness (QED) is 0.416. The molecule has 1 heterocycles. The van der Waals surface area contributed by atoms with E-state index in [0.29, 0.717) is 44.9 Å². The van der Waals surface area contributed by atoms with Gasteiger partial charge in [0.05, 0.1) is 17.5 Å². The molecule has 0 bridgehead atoms. The summed E-state index contributed by atoms with van der Waals surface area (Å²) in [5.74, 6) is -0.866. The van der Waals surface area contributed by atoms with Gasteiger partial charge in [-0.1, -0.05) is 30.1 Å². The van der Waals surface area contributed by atoms with E-state index in [0.717, 1.165) is 0 Å². The molecule has 0 saturated carbocycles. The first-order valence-electron chi connectivity index (χ1n) is 7.42. The van der Waals surface area contributed by atoms with Crippen LogP contribution >= 0.6 is 24.0 Å². The largest absolute Gasteiger partial charge is 0.546 e. The van der Waals surface area contributed by atoms with Crippen molar-refractivity contribution in [3.8, 4) is 11.5 Å². The number of thioether (sulfide) groups is 1. The van der Waals surface area contributed by atoms with Crippen molar-refractivity contribution in [3.63, 3.8) is 0 Å². The lowest BCUT2D eigenvalue weighted by Gasteiger charge is -2.17. The molecule has 132 valence electrons. The number of hydrogen-bond donors (Lipinski definition) is 1. The Morgan fingerprint density at radius 1 is 1.44 bits per heavy atom. The lowest BCUT2D eigenvalue weighted by atomic mass is 10.0. The van der Waals surface area contributed by atoms with Crippen molar-refractivity contribution < 1.29 is 24.2 Å². The number of carbonyl (C=O) groups excluding carboxylic acids is 2. The van der Waals surface area contributed by atoms with Crippen LogP contribution in [0.2, 0.25) is 0 Å². The van der Waals surface area contributed by atoms with Crippen LogP contribution in [0, 0.1) is 0 Å². The Bertz CT molecular complexity index is 758. The van der Waals surface area contributed by atoms with Crippen LogP contribution < -0.4 is 19.9 Å². The van der Waals surface area contributed by atoms with Crippen molar-refractivity contribution in [2.45, 2.75) is 13.3 Å². The lowest BCUT2D eigenvalue weighted by Crippen LogP contribution is -2.29. The maximum absolute atomic E-state index is 11.8. The van der Waals surface area contributed by atoms with Crippen LogP contribution in [0.15, 0.2) is 29.7 Å². The van der Waals surface area contributed by atoms with Crippen molar-refractivity contribution in [1.29, 1.82) is 0 Å². The number of carboxylic acid groups (broad SMARTS) is 1. The highest BCUT2D eigenvalue weighted by atomic mass is 32.2. The molecule has 0 unspecified atom stereocenters. The third-order valence-corrected chi connectivity index (χ3v) is 4.26. The second-order valence-electron chi connectivity index (χ2n) is 4.95. The van der Waals surface area contributed by atoms with E-state index in [-0.39, 0.29) is 5.91 Å². The number of hydrogen-bond acceptors (Lipinski definition) is 7. The highest BCUT2D eigenvalue weighted by Crippen LogP contribution is 2.36. The average Bonchev–Trinajstić information content (AvgIpc) is 2.84. The molecule has 1 aromatic rings. The monoisotopic (exact) mass is 378 g/mol. The number of benzene rings is 1. The molecule has 0 atom stereocenters. The molecule has 0 aliphatic carbocycles. The highest BCUT2D eigenvalue weighted by molar-refractivity contribution is 8.26. The van der Waals surface area contributed by atoms with E-state index >= 15 is 0 Å². The van der Waals surface area contributed by atoms with Gasteiger partial charge < -0.3 is 24.7 Å². The summed E-state index contributed by atoms with van der Waals surface area (Å²) in [6.45, 7) is 5.29. The van der Waals surface area contributed by atoms with Gasteiger partial charge in [-0.15, -0.1) is 6.58 Å². The molecule has 2 rings (SSSR count). The zero-order valence-corrected chi connectivity index (χ0v) is 15.1. The average molecular weight is 378 g/mol. The molecule has 1 saturated heterocycles. The summed E-state index contributed by atoms with van der Waals surface area (Å²) < 4.78 is 11.3. The molecule has 8 heteroatoms. The van der Waals surface area contributed by atoms with Gasteiger partial charge in [-0.25, -0.2) is 0 Å². The Labute approximate surface area is 154 Å². The van der Waals surface area contributed by atoms with Gasteiger partial charge in [0.15, 0.2) is 11.5 Å². The molecule has 25 heavy (non-hydrogen) atoms. The van der Waals surface area contributed by atoms with Crippen LogP contribution in [-0.2, 0) is 16.0 Å². The predicted octanol–water partition coefficient (Wildman–Crippen LogP) is 1.43. The van der Waals surface area contributed by atoms with Crippen LogP contribution in [0.25, 0.3) is 6.08 Å². The Balaban J connectivity index is 2.46. The third-order valence-electron chi connectivity index (χ3n) is 3.09. The van der Waals surface area contributed by atoms with Crippen LogP contribution in [0.1, 0.15) is 18.1 Å². The third kappa shape index (κ3) is 5.07. The number of carbonyl (C=O) groups is 2. The second-order valence-corrected chi connectivity index (χ2v) is 6.66. The van der Waals surface area contributed by atoms with E-state index in [1.807, 2.05) is 0 Å². The van der Waals surface area contributed by atoms with Crippen LogP contribution in [0.5, 0.6) is 11.5 Å². The van der Waals surface area contributed by atoms with E-state index in [9.17, 15) is 14.7 Å². The number of aliphatic carboxylic acids is 1. The predicted molar refractivity (Wildman–Crippen MR) is 98.3 cm³/mol. The Morgan fingerprint density at radius 2 is 2.20 bits per heavy atom. The fraction of sp³-hybridized carbons (Fsp3) is 0.235. The number of amides is 1. The van der Waals surface area contributed by atoms with E-state index in [2.05, 4.69) is 11.9 Å². The summed E-state index contributed by atoms with van der Waals surface area (Å²) in [6, 6.07) is 3.47. The molecular formula is C17H16NO5S2-. The van der Waals surface area contributed by atoms with E-state index in [1.54, 1.807) is 31.2 Å². The lowest BCUT2D eigenvalue weighted by molar-refractivity contribution is -0.307. The van der Waals surface area contributed by atoms with Gasteiger partial charge in [0.1, 0.15) is 10.9 Å². The molecular weight excluding hydrogens is 362 g/mol. The first kappa shape index (κ1) is 19.0. The maximum atomic E-state index is 11.8. The number of carboxylic acids is 1. The van der Waals surface area contributed by atoms with Gasteiger partial charge in [-0.3, -0.25) is 4.79 Å². The summed E-state index contributed by atoms with van der Waals surface area (Å²) in [6.07, 6.45) is 3.80. The standard InChI is InChI=1S/C17H17NO5S2/c1-3-5-11-6-10(8-13-16(21)18-17(24)25-13)7-12(22-4-2)15(11)23-9-14(19)20/h3,6-8H,1,4-5,9H2,2H3,(H,19,20)(H,18,21,24)/p-1/b13-8-. The second kappa shape index (κ2) is 8.68. The minimum atomic E-state index is -1.33. The van der Waals surface area contributed by atoms with Crippen molar-refractivity contribution in [1.82, 2.24) is 5.32 Å².